The van der Waals surface area contributed by atoms with E-state index in [4.69, 9.17) is 9.84 Å². The molecule has 0 bridgehead atoms. The highest BCUT2D eigenvalue weighted by atomic mass is 16.6. The molecular formula is C8H14O3. The van der Waals surface area contributed by atoms with Crippen molar-refractivity contribution in [2.45, 2.75) is 32.3 Å². The van der Waals surface area contributed by atoms with E-state index in [1.54, 1.807) is 0 Å². The zero-order valence-electron chi connectivity index (χ0n) is 6.96. The van der Waals surface area contributed by atoms with Gasteiger partial charge in [0.25, 0.3) is 0 Å². The summed E-state index contributed by atoms with van der Waals surface area (Å²) in [4.78, 5) is 10.6. The van der Waals surface area contributed by atoms with Gasteiger partial charge >= 0.3 is 5.97 Å². The highest BCUT2D eigenvalue weighted by molar-refractivity contribution is 5.66. The number of esters is 1. The van der Waals surface area contributed by atoms with Crippen LogP contribution in [-0.2, 0) is 9.53 Å². The van der Waals surface area contributed by atoms with Gasteiger partial charge in [-0.3, -0.25) is 4.79 Å². The van der Waals surface area contributed by atoms with Crippen molar-refractivity contribution in [2.24, 2.45) is 5.92 Å². The van der Waals surface area contributed by atoms with E-state index in [9.17, 15) is 4.79 Å². The van der Waals surface area contributed by atoms with E-state index in [2.05, 4.69) is 0 Å². The van der Waals surface area contributed by atoms with Crippen molar-refractivity contribution in [1.82, 2.24) is 0 Å². The number of aliphatic hydroxyl groups is 1. The molecule has 0 heterocycles. The Morgan fingerprint density at radius 2 is 2.45 bits per heavy atom. The lowest BCUT2D eigenvalue weighted by Crippen LogP contribution is -2.49. The normalized spacial score (nSPS) is 36.1. The second-order valence-electron chi connectivity index (χ2n) is 3.32. The van der Waals surface area contributed by atoms with Gasteiger partial charge in [-0.1, -0.05) is 0 Å². The summed E-state index contributed by atoms with van der Waals surface area (Å²) in [6, 6.07) is 0. The molecule has 11 heavy (non-hydrogen) atoms. The van der Waals surface area contributed by atoms with E-state index in [-0.39, 0.29) is 24.1 Å². The summed E-state index contributed by atoms with van der Waals surface area (Å²) in [6.45, 7) is 3.39. The fraction of sp³-hybridized carbons (Fsp3) is 0.875. The summed E-state index contributed by atoms with van der Waals surface area (Å²) in [7, 11) is 0. The Morgan fingerprint density at radius 1 is 1.82 bits per heavy atom. The number of ether oxygens (including phenoxy) is 1. The van der Waals surface area contributed by atoms with Crippen LogP contribution in [0, 0.1) is 5.92 Å². The molecule has 2 atom stereocenters. The van der Waals surface area contributed by atoms with Crippen LogP contribution in [0.1, 0.15) is 26.7 Å². The molecule has 1 saturated carbocycles. The fourth-order valence-electron chi connectivity index (χ4n) is 1.50. The third-order valence-corrected chi connectivity index (χ3v) is 2.45. The lowest BCUT2D eigenvalue weighted by molar-refractivity contribution is -0.178. The molecule has 0 saturated heterocycles. The van der Waals surface area contributed by atoms with Gasteiger partial charge in [0.1, 0.15) is 5.60 Å². The van der Waals surface area contributed by atoms with Gasteiger partial charge in [-0.2, -0.15) is 0 Å². The summed E-state index contributed by atoms with van der Waals surface area (Å²) < 4.78 is 5.08. The summed E-state index contributed by atoms with van der Waals surface area (Å²) in [5, 5.41) is 8.84. The maximum Gasteiger partial charge on any atom is 0.303 e. The zero-order chi connectivity index (χ0) is 8.48. The maximum absolute atomic E-state index is 10.6. The minimum absolute atomic E-state index is 0.115. The van der Waals surface area contributed by atoms with E-state index in [0.717, 1.165) is 12.8 Å². The van der Waals surface area contributed by atoms with Gasteiger partial charge in [0.05, 0.1) is 0 Å². The highest BCUT2D eigenvalue weighted by Gasteiger charge is 2.45. The molecule has 1 fully saturated rings. The Kier molecular flexibility index (Phi) is 2.18. The lowest BCUT2D eigenvalue weighted by atomic mass is 9.71. The summed E-state index contributed by atoms with van der Waals surface area (Å²) in [5.41, 5.74) is -0.388. The van der Waals surface area contributed by atoms with Gasteiger partial charge in [0.2, 0.25) is 0 Å². The molecule has 3 nitrogen and oxygen atoms in total. The van der Waals surface area contributed by atoms with Crippen LogP contribution in [0.15, 0.2) is 0 Å². The predicted octanol–water partition coefficient (Wildman–Crippen LogP) is 0.710. The zero-order valence-corrected chi connectivity index (χ0v) is 6.96. The van der Waals surface area contributed by atoms with Crippen molar-refractivity contribution in [3.05, 3.63) is 0 Å². The molecular weight excluding hydrogens is 144 g/mol. The van der Waals surface area contributed by atoms with Crippen LogP contribution in [0.2, 0.25) is 0 Å². The molecule has 0 aromatic rings. The number of carbonyl (C=O) groups is 1. The first-order valence-corrected chi connectivity index (χ1v) is 3.89. The molecule has 2 unspecified atom stereocenters. The van der Waals surface area contributed by atoms with Gasteiger partial charge < -0.3 is 9.84 Å². The van der Waals surface area contributed by atoms with Crippen molar-refractivity contribution in [3.63, 3.8) is 0 Å². The van der Waals surface area contributed by atoms with Crippen LogP contribution < -0.4 is 0 Å². The molecule has 0 aromatic heterocycles. The smallest absolute Gasteiger partial charge is 0.303 e. The molecule has 0 radical (unpaired) electrons. The lowest BCUT2D eigenvalue weighted by Gasteiger charge is -2.44. The van der Waals surface area contributed by atoms with Crippen LogP contribution >= 0.6 is 0 Å². The largest absolute Gasteiger partial charge is 0.459 e. The number of hydrogen-bond acceptors (Lipinski definition) is 3. The van der Waals surface area contributed by atoms with Gasteiger partial charge in [0, 0.05) is 19.4 Å². The van der Waals surface area contributed by atoms with Gasteiger partial charge in [-0.15, -0.1) is 0 Å². The van der Waals surface area contributed by atoms with Crippen molar-refractivity contribution >= 4 is 5.97 Å². The van der Waals surface area contributed by atoms with Crippen LogP contribution in [0.3, 0.4) is 0 Å². The quantitative estimate of drug-likeness (QED) is 0.602. The van der Waals surface area contributed by atoms with Crippen molar-refractivity contribution in [2.75, 3.05) is 6.61 Å². The monoisotopic (exact) mass is 158 g/mol. The number of aliphatic hydroxyl groups excluding tert-OH is 1. The molecule has 3 heteroatoms. The first-order valence-electron chi connectivity index (χ1n) is 3.89. The number of rotatable bonds is 2. The molecule has 1 aliphatic rings. The van der Waals surface area contributed by atoms with E-state index in [0.29, 0.717) is 0 Å². The predicted molar refractivity (Wildman–Crippen MR) is 40.0 cm³/mol. The highest BCUT2D eigenvalue weighted by Crippen LogP contribution is 2.40. The van der Waals surface area contributed by atoms with Crippen LogP contribution in [0.25, 0.3) is 0 Å². The molecule has 1 N–H and O–H groups in total. The Bertz CT molecular complexity index is 165. The summed E-state index contributed by atoms with van der Waals surface area (Å²) >= 11 is 0. The average Bonchev–Trinajstić information content (AvgIpc) is 1.85. The topological polar surface area (TPSA) is 46.5 Å². The van der Waals surface area contributed by atoms with Crippen molar-refractivity contribution < 1.29 is 14.6 Å². The van der Waals surface area contributed by atoms with E-state index >= 15 is 0 Å². The van der Waals surface area contributed by atoms with Gasteiger partial charge in [-0.25, -0.2) is 0 Å². The Labute approximate surface area is 66.4 Å². The third-order valence-electron chi connectivity index (χ3n) is 2.45. The molecule has 0 aliphatic heterocycles. The standard InChI is InChI=1S/C8H14O3/c1-6(10)11-8(2)4-3-7(8)5-9/h7,9H,3-5H2,1-2H3. The molecule has 0 aromatic carbocycles. The first kappa shape index (κ1) is 8.53. The molecule has 1 aliphatic carbocycles. The van der Waals surface area contributed by atoms with E-state index in [1.807, 2.05) is 6.92 Å². The average molecular weight is 158 g/mol. The third kappa shape index (κ3) is 1.53. The Morgan fingerprint density at radius 3 is 2.73 bits per heavy atom. The molecule has 64 valence electrons. The van der Waals surface area contributed by atoms with Gasteiger partial charge in [-0.05, 0) is 19.8 Å². The minimum Gasteiger partial charge on any atom is -0.459 e. The van der Waals surface area contributed by atoms with Crippen molar-refractivity contribution in [3.8, 4) is 0 Å². The van der Waals surface area contributed by atoms with Crippen LogP contribution in [-0.4, -0.2) is 23.3 Å². The van der Waals surface area contributed by atoms with Crippen LogP contribution in [0.5, 0.6) is 0 Å². The SMILES string of the molecule is CC(=O)OC1(C)CCC1CO. The maximum atomic E-state index is 10.6. The van der Waals surface area contributed by atoms with Gasteiger partial charge in [0.15, 0.2) is 0 Å². The second-order valence-corrected chi connectivity index (χ2v) is 3.32. The molecule has 1 rings (SSSR count). The van der Waals surface area contributed by atoms with E-state index < -0.39 is 0 Å². The summed E-state index contributed by atoms with van der Waals surface area (Å²) in [5.74, 6) is -0.114. The molecule has 0 spiro atoms. The molecule has 0 amide bonds. The number of carbonyl (C=O) groups excluding carboxylic acids is 1. The van der Waals surface area contributed by atoms with Crippen molar-refractivity contribution in [1.29, 1.82) is 0 Å². The van der Waals surface area contributed by atoms with Crippen LogP contribution in [0.4, 0.5) is 0 Å². The fourth-order valence-corrected chi connectivity index (χ4v) is 1.50. The summed E-state index contributed by atoms with van der Waals surface area (Å²) in [6.07, 6.45) is 1.83. The minimum atomic E-state index is -0.388. The Balaban J connectivity index is 2.47. The van der Waals surface area contributed by atoms with E-state index in [1.165, 1.54) is 6.92 Å². The first-order chi connectivity index (χ1) is 5.08. The Hall–Kier alpha value is -0.570. The second kappa shape index (κ2) is 2.81. The number of hydrogen-bond donors (Lipinski definition) is 1.